The Morgan fingerprint density at radius 3 is 2.68 bits per heavy atom. The van der Waals surface area contributed by atoms with E-state index in [1.807, 2.05) is 0 Å². The summed E-state index contributed by atoms with van der Waals surface area (Å²) < 4.78 is 27.9. The Hall–Kier alpha value is -3.27. The summed E-state index contributed by atoms with van der Waals surface area (Å²) >= 11 is 0. The zero-order valence-electron chi connectivity index (χ0n) is 12.9. The number of para-hydroxylation sites is 1. The van der Waals surface area contributed by atoms with E-state index in [0.717, 1.165) is 6.07 Å². The molecule has 0 radical (unpaired) electrons. The van der Waals surface area contributed by atoms with Crippen molar-refractivity contribution in [3.8, 4) is 5.75 Å². The maximum Gasteiger partial charge on any atom is 0.285 e. The molecule has 0 fully saturated rings. The third-order valence-electron chi connectivity index (χ3n) is 3.51. The molecule has 0 saturated heterocycles. The topological polar surface area (TPSA) is 125 Å². The lowest BCUT2D eigenvalue weighted by molar-refractivity contribution is -0.385. The van der Waals surface area contributed by atoms with Crippen molar-refractivity contribution in [3.63, 3.8) is 0 Å². The van der Waals surface area contributed by atoms with Crippen LogP contribution in [0.3, 0.4) is 0 Å². The molecule has 0 spiro atoms. The summed E-state index contributed by atoms with van der Waals surface area (Å²) in [4.78, 5) is 9.93. The number of amidine groups is 1. The second-order valence-electron chi connectivity index (χ2n) is 5.15. The van der Waals surface area contributed by atoms with Gasteiger partial charge in [-0.15, -0.1) is 4.40 Å². The third kappa shape index (κ3) is 3.06. The number of phenols is 1. The maximum atomic E-state index is 12.1. The first-order valence-corrected chi connectivity index (χ1v) is 8.43. The van der Waals surface area contributed by atoms with E-state index in [9.17, 15) is 23.6 Å². The summed E-state index contributed by atoms with van der Waals surface area (Å²) in [6.45, 7) is 0. The van der Waals surface area contributed by atoms with Gasteiger partial charge in [-0.05, 0) is 18.2 Å². The predicted molar refractivity (Wildman–Crippen MR) is 90.3 cm³/mol. The number of nitro benzene ring substituents is 1. The molecule has 128 valence electrons. The van der Waals surface area contributed by atoms with E-state index in [4.69, 9.17) is 0 Å². The molecule has 0 unspecified atom stereocenters. The third-order valence-corrected chi connectivity index (χ3v) is 4.82. The van der Waals surface area contributed by atoms with E-state index in [1.54, 1.807) is 18.2 Å². The SMILES string of the molecule is CN(/N=C/c1ccccc1O)C1=NS(=O)(=O)c2cc([N+](=O)[O-])ccc21. The van der Waals surface area contributed by atoms with Gasteiger partial charge in [0.15, 0.2) is 5.84 Å². The highest BCUT2D eigenvalue weighted by molar-refractivity contribution is 7.90. The number of aromatic hydroxyl groups is 1. The maximum absolute atomic E-state index is 12.1. The fourth-order valence-corrected chi connectivity index (χ4v) is 3.52. The highest BCUT2D eigenvalue weighted by Gasteiger charge is 2.32. The molecule has 0 atom stereocenters. The summed E-state index contributed by atoms with van der Waals surface area (Å²) in [6.07, 6.45) is 1.36. The number of benzene rings is 2. The minimum atomic E-state index is -4.03. The van der Waals surface area contributed by atoms with Crippen LogP contribution < -0.4 is 0 Å². The van der Waals surface area contributed by atoms with E-state index in [1.165, 1.54) is 36.5 Å². The number of nitrogens with zero attached hydrogens (tertiary/aromatic N) is 4. The minimum absolute atomic E-state index is 0.0247. The van der Waals surface area contributed by atoms with Gasteiger partial charge in [0.25, 0.3) is 15.7 Å². The molecule has 1 aliphatic rings. The number of non-ortho nitro benzene ring substituents is 1. The molecule has 0 aromatic heterocycles. The molecule has 0 aliphatic carbocycles. The zero-order valence-corrected chi connectivity index (χ0v) is 13.7. The Balaban J connectivity index is 1.97. The summed E-state index contributed by atoms with van der Waals surface area (Å²) in [5.74, 6) is 0.0632. The van der Waals surface area contributed by atoms with E-state index in [2.05, 4.69) is 9.50 Å². The van der Waals surface area contributed by atoms with Crippen molar-refractivity contribution in [2.75, 3.05) is 7.05 Å². The average molecular weight is 360 g/mol. The molecule has 25 heavy (non-hydrogen) atoms. The van der Waals surface area contributed by atoms with Gasteiger partial charge in [-0.2, -0.15) is 13.5 Å². The molecule has 1 aliphatic heterocycles. The van der Waals surface area contributed by atoms with Crippen molar-refractivity contribution in [2.24, 2.45) is 9.50 Å². The molecular formula is C15H12N4O5S. The lowest BCUT2D eigenvalue weighted by Crippen LogP contribution is -2.21. The first-order chi connectivity index (χ1) is 11.8. The van der Waals surface area contributed by atoms with Crippen LogP contribution in [0.5, 0.6) is 5.75 Å². The summed E-state index contributed by atoms with van der Waals surface area (Å²) in [6, 6.07) is 10.0. The summed E-state index contributed by atoms with van der Waals surface area (Å²) in [5.41, 5.74) is 0.335. The van der Waals surface area contributed by atoms with Crippen LogP contribution in [0.1, 0.15) is 11.1 Å². The van der Waals surface area contributed by atoms with Gasteiger partial charge in [-0.25, -0.2) is 5.01 Å². The van der Waals surface area contributed by atoms with Gasteiger partial charge in [-0.1, -0.05) is 12.1 Å². The number of phenolic OH excluding ortho intramolecular Hbond substituents is 1. The van der Waals surface area contributed by atoms with Crippen LogP contribution in [-0.2, 0) is 10.0 Å². The molecule has 0 bridgehead atoms. The molecule has 1 N–H and O–H groups in total. The summed E-state index contributed by atoms with van der Waals surface area (Å²) in [7, 11) is -2.54. The molecule has 3 rings (SSSR count). The lowest BCUT2D eigenvalue weighted by Gasteiger charge is -2.12. The van der Waals surface area contributed by atoms with Gasteiger partial charge in [0, 0.05) is 30.3 Å². The van der Waals surface area contributed by atoms with Crippen molar-refractivity contribution in [1.82, 2.24) is 5.01 Å². The lowest BCUT2D eigenvalue weighted by atomic mass is 10.2. The normalized spacial score (nSPS) is 15.0. The van der Waals surface area contributed by atoms with Crippen LogP contribution in [0.15, 0.2) is 56.9 Å². The number of hydrogen-bond acceptors (Lipinski definition) is 7. The smallest absolute Gasteiger partial charge is 0.285 e. The standard InChI is InChI=1S/C15H12N4O5S/c1-18(16-9-10-4-2-3-5-13(10)20)15-12-7-6-11(19(21)22)8-14(12)25(23,24)17-15/h2-9,20H,1H3/b16-9+. The summed E-state index contributed by atoms with van der Waals surface area (Å²) in [5, 5.41) is 25.8. The zero-order chi connectivity index (χ0) is 18.2. The van der Waals surface area contributed by atoms with Crippen LogP contribution in [-0.4, -0.2) is 42.6 Å². The molecule has 9 nitrogen and oxygen atoms in total. The Morgan fingerprint density at radius 2 is 2.00 bits per heavy atom. The van der Waals surface area contributed by atoms with Gasteiger partial charge in [0.2, 0.25) is 0 Å². The second kappa shape index (κ2) is 5.98. The van der Waals surface area contributed by atoms with Crippen LogP contribution in [0.2, 0.25) is 0 Å². The Bertz CT molecular complexity index is 1030. The molecule has 0 saturated carbocycles. The van der Waals surface area contributed by atoms with Crippen LogP contribution >= 0.6 is 0 Å². The monoisotopic (exact) mass is 360 g/mol. The average Bonchev–Trinajstić information content (AvgIpc) is 2.85. The predicted octanol–water partition coefficient (Wildman–Crippen LogP) is 1.72. The first kappa shape index (κ1) is 16.6. The van der Waals surface area contributed by atoms with Gasteiger partial charge < -0.3 is 5.11 Å². The molecule has 1 heterocycles. The number of sulfonamides is 1. The first-order valence-electron chi connectivity index (χ1n) is 6.99. The van der Waals surface area contributed by atoms with Crippen molar-refractivity contribution >= 4 is 27.8 Å². The van der Waals surface area contributed by atoms with Gasteiger partial charge >= 0.3 is 0 Å². The Morgan fingerprint density at radius 1 is 1.28 bits per heavy atom. The van der Waals surface area contributed by atoms with Crippen LogP contribution in [0.25, 0.3) is 0 Å². The highest BCUT2D eigenvalue weighted by atomic mass is 32.2. The molecule has 2 aromatic rings. The van der Waals surface area contributed by atoms with Crippen LogP contribution in [0.4, 0.5) is 5.69 Å². The number of hydrazone groups is 1. The second-order valence-corrected chi connectivity index (χ2v) is 6.73. The largest absolute Gasteiger partial charge is 0.507 e. The molecular weight excluding hydrogens is 348 g/mol. The van der Waals surface area contributed by atoms with Gasteiger partial charge in [0.1, 0.15) is 10.6 Å². The van der Waals surface area contributed by atoms with Gasteiger partial charge in [-0.3, -0.25) is 10.1 Å². The fraction of sp³-hybridized carbons (Fsp3) is 0.0667. The number of rotatable bonds is 3. The van der Waals surface area contributed by atoms with Crippen molar-refractivity contribution in [1.29, 1.82) is 0 Å². The van der Waals surface area contributed by atoms with E-state index < -0.39 is 14.9 Å². The van der Waals surface area contributed by atoms with Crippen molar-refractivity contribution in [2.45, 2.75) is 4.90 Å². The van der Waals surface area contributed by atoms with E-state index >= 15 is 0 Å². The number of hydrogen-bond donors (Lipinski definition) is 1. The fourth-order valence-electron chi connectivity index (χ4n) is 2.27. The molecule has 0 amide bonds. The Kier molecular flexibility index (Phi) is 3.97. The minimum Gasteiger partial charge on any atom is -0.507 e. The number of fused-ring (bicyclic) bond motifs is 1. The van der Waals surface area contributed by atoms with Crippen molar-refractivity contribution in [3.05, 3.63) is 63.7 Å². The Labute approximate surface area is 142 Å². The van der Waals surface area contributed by atoms with Crippen molar-refractivity contribution < 1.29 is 18.4 Å². The highest BCUT2D eigenvalue weighted by Crippen LogP contribution is 2.30. The molecule has 10 heteroatoms. The van der Waals surface area contributed by atoms with Gasteiger partial charge in [0.05, 0.1) is 11.1 Å². The quantitative estimate of drug-likeness (QED) is 0.504. The molecule has 2 aromatic carbocycles. The van der Waals surface area contributed by atoms with E-state index in [0.29, 0.717) is 5.56 Å². The number of nitro groups is 1. The van der Waals surface area contributed by atoms with Crippen LogP contribution in [0, 0.1) is 10.1 Å². The van der Waals surface area contributed by atoms with E-state index in [-0.39, 0.29) is 27.7 Å².